The molecule has 10 aromatic rings. The lowest BCUT2D eigenvalue weighted by atomic mass is 9.99. The maximum atomic E-state index is 12.3. The first-order valence-electron chi connectivity index (χ1n) is 24.4. The maximum Gasteiger partial charge on any atom is 0.335 e. The van der Waals surface area contributed by atoms with Crippen LogP contribution in [0.2, 0.25) is 0 Å². The number of anilines is 6. The average Bonchev–Trinajstić information content (AvgIpc) is 3.51. The molecule has 0 amide bonds. The molecule has 2 aromatic heterocycles. The van der Waals surface area contributed by atoms with Gasteiger partial charge in [0.25, 0.3) is 0 Å². The minimum atomic E-state index is -0.552. The van der Waals surface area contributed by atoms with Crippen molar-refractivity contribution in [1.29, 1.82) is 0 Å². The van der Waals surface area contributed by atoms with Crippen LogP contribution in [0, 0.1) is 0 Å². The molecule has 0 aliphatic heterocycles. The third-order valence-electron chi connectivity index (χ3n) is 12.7. The van der Waals surface area contributed by atoms with Gasteiger partial charge in [-0.15, -0.1) is 0 Å². The maximum absolute atomic E-state index is 12.3. The molecular weight excluding hydrogens is 945 g/mol. The van der Waals surface area contributed by atoms with Crippen LogP contribution in [0.3, 0.4) is 0 Å². The van der Waals surface area contributed by atoms with E-state index in [1.54, 1.807) is 38.7 Å². The fourth-order valence-corrected chi connectivity index (χ4v) is 9.04. The molecule has 0 fully saturated rings. The molecule has 0 saturated heterocycles. The van der Waals surface area contributed by atoms with Crippen molar-refractivity contribution in [2.24, 2.45) is 0 Å². The van der Waals surface area contributed by atoms with E-state index >= 15 is 0 Å². The van der Waals surface area contributed by atoms with Gasteiger partial charge in [-0.3, -0.25) is 9.97 Å². The summed E-state index contributed by atoms with van der Waals surface area (Å²) in [5.41, 5.74) is 13.8. The van der Waals surface area contributed by atoms with Crippen molar-refractivity contribution >= 4 is 46.1 Å². The zero-order chi connectivity index (χ0) is 52.4. The second-order valence-corrected chi connectivity index (χ2v) is 17.3. The summed E-state index contributed by atoms with van der Waals surface area (Å²) in [7, 11) is 3.35. The number of hydrogen-bond acceptors (Lipinski definition) is 10. The third kappa shape index (κ3) is 10.6. The van der Waals surface area contributed by atoms with Crippen LogP contribution >= 0.6 is 0 Å². The number of carbonyl (C=O) groups is 2. The molecule has 0 aliphatic rings. The average molecular weight is 995 g/mol. The number of aromatic nitrogens is 2. The lowest BCUT2D eigenvalue weighted by Crippen LogP contribution is -2.11. The highest BCUT2D eigenvalue weighted by Crippen LogP contribution is 2.46. The molecule has 0 radical (unpaired) electrons. The lowest BCUT2D eigenvalue weighted by molar-refractivity contribution is -0.129. The summed E-state index contributed by atoms with van der Waals surface area (Å²) in [6, 6.07) is 72.2. The van der Waals surface area contributed by atoms with Crippen LogP contribution in [0.5, 0.6) is 23.0 Å². The van der Waals surface area contributed by atoms with Crippen LogP contribution < -0.4 is 28.7 Å². The van der Waals surface area contributed by atoms with Gasteiger partial charge in [-0.25, -0.2) is 9.59 Å². The molecule has 76 heavy (non-hydrogen) atoms. The highest BCUT2D eigenvalue weighted by molar-refractivity contribution is 5.90. The Morgan fingerprint density at radius 3 is 1.08 bits per heavy atom. The van der Waals surface area contributed by atoms with Gasteiger partial charge >= 0.3 is 11.9 Å². The van der Waals surface area contributed by atoms with Crippen molar-refractivity contribution in [3.63, 3.8) is 0 Å². The summed E-state index contributed by atoms with van der Waals surface area (Å²) in [6.07, 6.45) is 5.69. The van der Waals surface area contributed by atoms with E-state index in [9.17, 15) is 9.59 Å². The van der Waals surface area contributed by atoms with Gasteiger partial charge in [0.1, 0.15) is 23.0 Å². The topological polar surface area (TPSA) is 103 Å². The highest BCUT2D eigenvalue weighted by atomic mass is 16.5. The largest absolute Gasteiger partial charge is 0.495 e. The van der Waals surface area contributed by atoms with Gasteiger partial charge < -0.3 is 28.7 Å². The van der Waals surface area contributed by atoms with Crippen LogP contribution in [0.15, 0.2) is 256 Å². The standard InChI is InChI=1S/C66H50N4O6/c1-5-65(71)75-61-37-29-47(41-55(61)57-21-13-15-39-67-57)49-27-35-59(63(43-49)73-3)69(51-17-9-7-10-18-51)53-31-23-45(24-32-53)46-25-33-54(34-26-46)70(52-19-11-8-12-20-52)60-36-28-50(44-64(60)74-4)48-30-38-62(76-66(72)6-2)56(42-48)58-22-14-16-40-68-58/h5-44H,1-2H2,3-4H3. The number of benzene rings is 8. The quantitative estimate of drug-likeness (QED) is 0.0498. The summed E-state index contributed by atoms with van der Waals surface area (Å²) in [6.45, 7) is 7.12. The van der Waals surface area contributed by atoms with E-state index in [0.29, 0.717) is 45.5 Å². The van der Waals surface area contributed by atoms with E-state index in [1.807, 2.05) is 109 Å². The summed E-state index contributed by atoms with van der Waals surface area (Å²) in [4.78, 5) is 38.0. The Morgan fingerprint density at radius 2 is 0.724 bits per heavy atom. The summed E-state index contributed by atoms with van der Waals surface area (Å²) in [5.74, 6) is 0.989. The molecule has 2 heterocycles. The van der Waals surface area contributed by atoms with Crippen LogP contribution in [0.25, 0.3) is 55.9 Å². The Morgan fingerprint density at radius 1 is 0.382 bits per heavy atom. The zero-order valence-corrected chi connectivity index (χ0v) is 41.7. The molecule has 10 rings (SSSR count). The van der Waals surface area contributed by atoms with E-state index in [4.69, 9.17) is 18.9 Å². The molecule has 0 spiro atoms. The number of rotatable bonds is 17. The number of ether oxygens (including phenoxy) is 4. The first kappa shape index (κ1) is 49.3. The van der Waals surface area contributed by atoms with Crippen molar-refractivity contribution in [3.8, 4) is 78.9 Å². The van der Waals surface area contributed by atoms with Crippen molar-refractivity contribution in [2.45, 2.75) is 0 Å². The lowest BCUT2D eigenvalue weighted by Gasteiger charge is -2.28. The predicted molar refractivity (Wildman–Crippen MR) is 303 cm³/mol. The second-order valence-electron chi connectivity index (χ2n) is 17.3. The van der Waals surface area contributed by atoms with Gasteiger partial charge in [0, 0.05) is 58.4 Å². The van der Waals surface area contributed by atoms with Crippen LogP contribution in [0.4, 0.5) is 34.1 Å². The highest BCUT2D eigenvalue weighted by Gasteiger charge is 2.22. The number of hydrogen-bond donors (Lipinski definition) is 0. The molecule has 0 aliphatic carbocycles. The van der Waals surface area contributed by atoms with E-state index in [0.717, 1.165) is 79.7 Å². The van der Waals surface area contributed by atoms with E-state index in [-0.39, 0.29) is 0 Å². The van der Waals surface area contributed by atoms with Gasteiger partial charge in [0.05, 0.1) is 37.0 Å². The zero-order valence-electron chi connectivity index (χ0n) is 41.7. The Bertz CT molecular complexity index is 3440. The first-order valence-corrected chi connectivity index (χ1v) is 24.4. The Balaban J connectivity index is 0.951. The van der Waals surface area contributed by atoms with Crippen molar-refractivity contribution in [1.82, 2.24) is 9.97 Å². The summed E-state index contributed by atoms with van der Waals surface area (Å²) >= 11 is 0. The first-order chi connectivity index (χ1) is 37.3. The fraction of sp³-hybridized carbons (Fsp3) is 0.0303. The molecule has 0 N–H and O–H groups in total. The van der Waals surface area contributed by atoms with Crippen molar-refractivity contribution in [3.05, 3.63) is 256 Å². The summed E-state index contributed by atoms with van der Waals surface area (Å²) in [5, 5.41) is 0. The Hall–Kier alpha value is -10.3. The van der Waals surface area contributed by atoms with Gasteiger partial charge in [-0.2, -0.15) is 0 Å². The number of para-hydroxylation sites is 2. The molecule has 10 heteroatoms. The number of carbonyl (C=O) groups excluding carboxylic acids is 2. The summed E-state index contributed by atoms with van der Waals surface area (Å²) < 4.78 is 23.5. The number of nitrogens with zero attached hydrogens (tertiary/aromatic N) is 4. The van der Waals surface area contributed by atoms with E-state index < -0.39 is 11.9 Å². The van der Waals surface area contributed by atoms with Crippen molar-refractivity contribution < 1.29 is 28.5 Å². The van der Waals surface area contributed by atoms with Crippen molar-refractivity contribution in [2.75, 3.05) is 24.0 Å². The molecule has 0 atom stereocenters. The fourth-order valence-electron chi connectivity index (χ4n) is 9.04. The molecule has 0 bridgehead atoms. The Labute approximate surface area is 441 Å². The van der Waals surface area contributed by atoms with E-state index in [2.05, 4.69) is 130 Å². The minimum Gasteiger partial charge on any atom is -0.495 e. The predicted octanol–water partition coefficient (Wildman–Crippen LogP) is 16.0. The molecule has 370 valence electrons. The number of pyridine rings is 2. The smallest absolute Gasteiger partial charge is 0.335 e. The molecule has 10 nitrogen and oxygen atoms in total. The molecule has 8 aromatic carbocycles. The number of esters is 2. The van der Waals surface area contributed by atoms with Crippen LogP contribution in [-0.4, -0.2) is 36.1 Å². The van der Waals surface area contributed by atoms with Gasteiger partial charge in [0.15, 0.2) is 0 Å². The monoisotopic (exact) mass is 994 g/mol. The van der Waals surface area contributed by atoms with Gasteiger partial charge in [-0.1, -0.05) is 110 Å². The van der Waals surface area contributed by atoms with Gasteiger partial charge in [-0.05, 0) is 155 Å². The second kappa shape index (κ2) is 22.6. The molecular formula is C66H50N4O6. The van der Waals surface area contributed by atoms with Crippen LogP contribution in [-0.2, 0) is 9.59 Å². The molecule has 0 unspecified atom stereocenters. The normalized spacial score (nSPS) is 10.7. The third-order valence-corrected chi connectivity index (χ3v) is 12.7. The molecule has 0 saturated carbocycles. The SMILES string of the molecule is C=CC(=O)Oc1ccc(-c2ccc(N(c3ccccc3)c3ccc(-c4ccc(N(c5ccccc5)c5ccc(-c6ccc(OC(=O)C=C)c(-c7ccccn7)c6)cc5OC)cc4)cc3)c(OC)c2)cc1-c1ccccn1. The van der Waals surface area contributed by atoms with Gasteiger partial charge in [0.2, 0.25) is 0 Å². The number of methoxy groups -OCH3 is 2. The van der Waals surface area contributed by atoms with E-state index in [1.165, 1.54) is 0 Å². The Kier molecular flexibility index (Phi) is 14.7. The van der Waals surface area contributed by atoms with Crippen LogP contribution in [0.1, 0.15) is 0 Å². The minimum absolute atomic E-state index is 0.385.